The zero-order valence-electron chi connectivity index (χ0n) is 10.8. The number of nitrogens with two attached hydrogens (primary N) is 1. The normalized spacial score (nSPS) is 10.5. The van der Waals surface area contributed by atoms with Gasteiger partial charge in [-0.1, -0.05) is 0 Å². The van der Waals surface area contributed by atoms with E-state index in [0.717, 1.165) is 11.1 Å². The molecule has 0 aliphatic carbocycles. The SMILES string of the molecule is COc1cc(F)cc(Cc2cc(F)cc(N)c2C)c1. The molecule has 4 heteroatoms. The Morgan fingerprint density at radius 1 is 1.05 bits per heavy atom. The Kier molecular flexibility index (Phi) is 3.69. The van der Waals surface area contributed by atoms with Crippen LogP contribution in [0.25, 0.3) is 0 Å². The van der Waals surface area contributed by atoms with Gasteiger partial charge in [-0.25, -0.2) is 8.78 Å². The summed E-state index contributed by atoms with van der Waals surface area (Å²) in [5.74, 6) is -0.324. The summed E-state index contributed by atoms with van der Waals surface area (Å²) in [7, 11) is 1.48. The maximum Gasteiger partial charge on any atom is 0.127 e. The van der Waals surface area contributed by atoms with Gasteiger partial charge in [-0.3, -0.25) is 0 Å². The molecule has 2 aromatic carbocycles. The van der Waals surface area contributed by atoms with Crippen molar-refractivity contribution in [1.82, 2.24) is 0 Å². The second kappa shape index (κ2) is 5.26. The van der Waals surface area contributed by atoms with Gasteiger partial charge in [-0.15, -0.1) is 0 Å². The second-order valence-corrected chi connectivity index (χ2v) is 4.46. The summed E-state index contributed by atoms with van der Waals surface area (Å²) in [6.45, 7) is 1.82. The Labute approximate surface area is 110 Å². The van der Waals surface area contributed by atoms with Crippen molar-refractivity contribution in [1.29, 1.82) is 0 Å². The number of anilines is 1. The number of hydrogen-bond donors (Lipinski definition) is 1. The van der Waals surface area contributed by atoms with Gasteiger partial charge >= 0.3 is 0 Å². The van der Waals surface area contributed by atoms with E-state index in [9.17, 15) is 8.78 Å². The standard InChI is InChI=1S/C15H15F2NO/c1-9-11(6-13(17)8-15(9)18)3-10-4-12(16)7-14(5-10)19-2/h4-8H,3,18H2,1-2H3. The van der Waals surface area contributed by atoms with Crippen molar-refractivity contribution < 1.29 is 13.5 Å². The van der Waals surface area contributed by atoms with Gasteiger partial charge in [-0.2, -0.15) is 0 Å². The zero-order chi connectivity index (χ0) is 14.0. The summed E-state index contributed by atoms with van der Waals surface area (Å²) < 4.78 is 31.8. The molecule has 100 valence electrons. The van der Waals surface area contributed by atoms with E-state index in [1.807, 2.05) is 6.92 Å². The van der Waals surface area contributed by atoms with Gasteiger partial charge in [0.15, 0.2) is 0 Å². The van der Waals surface area contributed by atoms with E-state index in [0.29, 0.717) is 23.4 Å². The van der Waals surface area contributed by atoms with E-state index in [1.54, 1.807) is 6.07 Å². The Bertz CT molecular complexity index is 611. The van der Waals surface area contributed by atoms with Gasteiger partial charge in [0.25, 0.3) is 0 Å². The highest BCUT2D eigenvalue weighted by Gasteiger charge is 2.08. The molecule has 0 unspecified atom stereocenters. The van der Waals surface area contributed by atoms with Crippen LogP contribution in [0.2, 0.25) is 0 Å². The molecule has 0 spiro atoms. The first kappa shape index (κ1) is 13.3. The molecule has 2 nitrogen and oxygen atoms in total. The first-order chi connectivity index (χ1) is 8.99. The molecule has 0 atom stereocenters. The number of halogens is 2. The van der Waals surface area contributed by atoms with E-state index in [-0.39, 0.29) is 11.6 Å². The average Bonchev–Trinajstić information content (AvgIpc) is 2.34. The van der Waals surface area contributed by atoms with Crippen molar-refractivity contribution in [3.63, 3.8) is 0 Å². The van der Waals surface area contributed by atoms with Crippen LogP contribution in [0, 0.1) is 18.6 Å². The van der Waals surface area contributed by atoms with Crippen LogP contribution in [-0.4, -0.2) is 7.11 Å². The molecular formula is C15H15F2NO. The number of hydrogen-bond acceptors (Lipinski definition) is 2. The van der Waals surface area contributed by atoms with E-state index in [1.165, 1.54) is 31.4 Å². The minimum atomic E-state index is -0.388. The van der Waals surface area contributed by atoms with E-state index >= 15 is 0 Å². The van der Waals surface area contributed by atoms with Crippen LogP contribution in [0.15, 0.2) is 30.3 Å². The number of methoxy groups -OCH3 is 1. The molecule has 2 rings (SSSR count). The highest BCUT2D eigenvalue weighted by Crippen LogP contribution is 2.23. The Balaban J connectivity index is 2.38. The lowest BCUT2D eigenvalue weighted by atomic mass is 9.99. The van der Waals surface area contributed by atoms with E-state index < -0.39 is 0 Å². The summed E-state index contributed by atoms with van der Waals surface area (Å²) in [6.07, 6.45) is 0.405. The number of ether oxygens (including phenoxy) is 1. The van der Waals surface area contributed by atoms with E-state index in [4.69, 9.17) is 10.5 Å². The van der Waals surface area contributed by atoms with E-state index in [2.05, 4.69) is 0 Å². The molecule has 2 N–H and O–H groups in total. The molecule has 0 amide bonds. The summed E-state index contributed by atoms with van der Waals surface area (Å²) in [5, 5.41) is 0. The fourth-order valence-electron chi connectivity index (χ4n) is 2.00. The minimum Gasteiger partial charge on any atom is -0.497 e. The first-order valence-electron chi connectivity index (χ1n) is 5.87. The lowest BCUT2D eigenvalue weighted by Gasteiger charge is -2.10. The predicted molar refractivity (Wildman–Crippen MR) is 71.3 cm³/mol. The summed E-state index contributed by atoms with van der Waals surface area (Å²) in [5.41, 5.74) is 8.39. The highest BCUT2D eigenvalue weighted by molar-refractivity contribution is 5.51. The molecule has 0 fully saturated rings. The largest absolute Gasteiger partial charge is 0.497 e. The highest BCUT2D eigenvalue weighted by atomic mass is 19.1. The monoisotopic (exact) mass is 263 g/mol. The smallest absolute Gasteiger partial charge is 0.127 e. The van der Waals surface area contributed by atoms with Gasteiger partial charge in [-0.05, 0) is 54.3 Å². The molecule has 0 aliphatic rings. The molecule has 0 aromatic heterocycles. The molecule has 0 radical (unpaired) electrons. The second-order valence-electron chi connectivity index (χ2n) is 4.46. The van der Waals surface area contributed by atoms with Gasteiger partial charge < -0.3 is 10.5 Å². The van der Waals surface area contributed by atoms with Crippen molar-refractivity contribution in [2.45, 2.75) is 13.3 Å². The molecular weight excluding hydrogens is 248 g/mol. The molecule has 0 saturated carbocycles. The quantitative estimate of drug-likeness (QED) is 0.861. The summed E-state index contributed by atoms with van der Waals surface area (Å²) >= 11 is 0. The number of nitrogen functional groups attached to an aromatic ring is 1. The maximum atomic E-state index is 13.4. The topological polar surface area (TPSA) is 35.2 Å². The third kappa shape index (κ3) is 3.02. The minimum absolute atomic E-state index is 0.378. The fourth-order valence-corrected chi connectivity index (χ4v) is 2.00. The zero-order valence-corrected chi connectivity index (χ0v) is 10.8. The maximum absolute atomic E-state index is 13.4. The number of rotatable bonds is 3. The summed E-state index contributed by atoms with van der Waals surface area (Å²) in [4.78, 5) is 0. The van der Waals surface area contributed by atoms with Crippen LogP contribution in [0.3, 0.4) is 0 Å². The lowest BCUT2D eigenvalue weighted by molar-refractivity contribution is 0.410. The Morgan fingerprint density at radius 3 is 2.42 bits per heavy atom. The molecule has 0 heterocycles. The van der Waals surface area contributed by atoms with Gasteiger partial charge in [0.2, 0.25) is 0 Å². The van der Waals surface area contributed by atoms with Crippen LogP contribution in [0.4, 0.5) is 14.5 Å². The predicted octanol–water partition coefficient (Wildman–Crippen LogP) is 3.45. The van der Waals surface area contributed by atoms with Crippen LogP contribution >= 0.6 is 0 Å². The molecule has 0 bridgehead atoms. The Morgan fingerprint density at radius 2 is 1.74 bits per heavy atom. The molecule has 0 aliphatic heterocycles. The Hall–Kier alpha value is -2.10. The van der Waals surface area contributed by atoms with Crippen molar-refractivity contribution >= 4 is 5.69 Å². The van der Waals surface area contributed by atoms with Crippen molar-refractivity contribution in [3.8, 4) is 5.75 Å². The van der Waals surface area contributed by atoms with Crippen LogP contribution in [-0.2, 0) is 6.42 Å². The first-order valence-corrected chi connectivity index (χ1v) is 5.87. The average molecular weight is 263 g/mol. The summed E-state index contributed by atoms with van der Waals surface area (Å²) in [6, 6.07) is 7.14. The van der Waals surface area contributed by atoms with Gasteiger partial charge in [0.05, 0.1) is 7.11 Å². The van der Waals surface area contributed by atoms with Crippen LogP contribution in [0.1, 0.15) is 16.7 Å². The van der Waals surface area contributed by atoms with Crippen molar-refractivity contribution in [2.24, 2.45) is 0 Å². The third-order valence-corrected chi connectivity index (χ3v) is 3.08. The van der Waals surface area contributed by atoms with Crippen LogP contribution in [0.5, 0.6) is 5.75 Å². The molecule has 0 saturated heterocycles. The fraction of sp³-hybridized carbons (Fsp3) is 0.200. The van der Waals surface area contributed by atoms with Crippen molar-refractivity contribution in [2.75, 3.05) is 12.8 Å². The van der Waals surface area contributed by atoms with Crippen molar-refractivity contribution in [3.05, 3.63) is 58.7 Å². The molecule has 2 aromatic rings. The lowest BCUT2D eigenvalue weighted by Crippen LogP contribution is -1.99. The number of benzene rings is 2. The van der Waals surface area contributed by atoms with Crippen LogP contribution < -0.4 is 10.5 Å². The van der Waals surface area contributed by atoms with Gasteiger partial charge in [0.1, 0.15) is 17.4 Å². The molecule has 19 heavy (non-hydrogen) atoms. The third-order valence-electron chi connectivity index (χ3n) is 3.08. The van der Waals surface area contributed by atoms with Gasteiger partial charge in [0, 0.05) is 11.8 Å².